The van der Waals surface area contributed by atoms with Crippen LogP contribution in [0.25, 0.3) is 0 Å². The van der Waals surface area contributed by atoms with Crippen LogP contribution in [0.15, 0.2) is 24.3 Å². The van der Waals surface area contributed by atoms with E-state index >= 15 is 0 Å². The molecule has 0 amide bonds. The summed E-state index contributed by atoms with van der Waals surface area (Å²) in [7, 11) is 0. The van der Waals surface area contributed by atoms with E-state index in [-0.39, 0.29) is 11.1 Å². The normalized spacial score (nSPS) is 13.0. The van der Waals surface area contributed by atoms with Crippen molar-refractivity contribution in [2.45, 2.75) is 5.37 Å². The molecular weight excluding hydrogens is 146 g/mol. The van der Waals surface area contributed by atoms with Crippen LogP contribution in [0.3, 0.4) is 0 Å². The average Bonchev–Trinajstić information content (AvgIpc) is 1.88. The van der Waals surface area contributed by atoms with Gasteiger partial charge in [-0.25, -0.2) is 0 Å². The summed E-state index contributed by atoms with van der Waals surface area (Å²) in [4.78, 5) is 0. The summed E-state index contributed by atoms with van der Waals surface area (Å²) in [6, 6.07) is 6.66. The zero-order valence-corrected chi connectivity index (χ0v) is 6.25. The van der Waals surface area contributed by atoms with Crippen molar-refractivity contribution in [2.75, 3.05) is 0 Å². The minimum absolute atomic E-state index is 0.248. The maximum absolute atomic E-state index is 8.87. The van der Waals surface area contributed by atoms with E-state index in [2.05, 4.69) is 12.6 Å². The van der Waals surface area contributed by atoms with Crippen LogP contribution in [0.5, 0.6) is 5.75 Å². The maximum atomic E-state index is 8.87. The van der Waals surface area contributed by atoms with Crippen molar-refractivity contribution >= 4 is 12.6 Å². The Bertz CT molecular complexity index is 207. The van der Waals surface area contributed by atoms with Crippen molar-refractivity contribution in [3.8, 4) is 5.75 Å². The SMILES string of the molecule is NC(S)c1ccc(O)cc1. The van der Waals surface area contributed by atoms with E-state index in [4.69, 9.17) is 10.8 Å². The molecule has 3 heteroatoms. The van der Waals surface area contributed by atoms with Gasteiger partial charge in [0.15, 0.2) is 0 Å². The van der Waals surface area contributed by atoms with E-state index in [0.29, 0.717) is 0 Å². The highest BCUT2D eigenvalue weighted by atomic mass is 32.1. The monoisotopic (exact) mass is 155 g/mol. The topological polar surface area (TPSA) is 46.2 Å². The average molecular weight is 155 g/mol. The van der Waals surface area contributed by atoms with Crippen LogP contribution >= 0.6 is 12.6 Å². The zero-order chi connectivity index (χ0) is 7.56. The summed E-state index contributed by atoms with van der Waals surface area (Å²) in [5.41, 5.74) is 6.35. The Morgan fingerprint density at radius 2 is 1.80 bits per heavy atom. The molecule has 0 aliphatic carbocycles. The van der Waals surface area contributed by atoms with Gasteiger partial charge < -0.3 is 10.8 Å². The van der Waals surface area contributed by atoms with Crippen LogP contribution in [0, 0.1) is 0 Å². The van der Waals surface area contributed by atoms with E-state index in [9.17, 15) is 0 Å². The highest BCUT2D eigenvalue weighted by Crippen LogP contribution is 2.16. The lowest BCUT2D eigenvalue weighted by molar-refractivity contribution is 0.475. The summed E-state index contributed by atoms with van der Waals surface area (Å²) in [5, 5.41) is 8.61. The predicted octanol–water partition coefficient (Wildman–Crippen LogP) is 1.28. The molecule has 0 saturated heterocycles. The van der Waals surface area contributed by atoms with Gasteiger partial charge in [-0.15, -0.1) is 0 Å². The van der Waals surface area contributed by atoms with Gasteiger partial charge in [0, 0.05) is 0 Å². The van der Waals surface area contributed by atoms with Gasteiger partial charge in [0.25, 0.3) is 0 Å². The minimum atomic E-state index is -0.263. The van der Waals surface area contributed by atoms with E-state index in [1.165, 1.54) is 0 Å². The Balaban J connectivity index is 2.89. The van der Waals surface area contributed by atoms with Crippen molar-refractivity contribution in [3.05, 3.63) is 29.8 Å². The second kappa shape index (κ2) is 2.94. The number of aromatic hydroxyl groups is 1. The molecule has 54 valence electrons. The van der Waals surface area contributed by atoms with Crippen LogP contribution < -0.4 is 5.73 Å². The molecule has 0 heterocycles. The number of phenols is 1. The number of phenolic OH excluding ortho intramolecular Hbond substituents is 1. The Hall–Kier alpha value is -0.670. The fraction of sp³-hybridized carbons (Fsp3) is 0.143. The number of thiol groups is 1. The summed E-state index contributed by atoms with van der Waals surface area (Å²) in [5.74, 6) is 0.248. The van der Waals surface area contributed by atoms with Crippen LogP contribution in [0.4, 0.5) is 0 Å². The number of nitrogens with two attached hydrogens (primary N) is 1. The van der Waals surface area contributed by atoms with E-state index < -0.39 is 0 Å². The highest BCUT2D eigenvalue weighted by Gasteiger charge is 1.97. The Kier molecular flexibility index (Phi) is 2.19. The van der Waals surface area contributed by atoms with E-state index in [0.717, 1.165) is 5.56 Å². The Labute approximate surface area is 65.1 Å². The van der Waals surface area contributed by atoms with Crippen molar-refractivity contribution < 1.29 is 5.11 Å². The molecule has 1 atom stereocenters. The van der Waals surface area contributed by atoms with Crippen molar-refractivity contribution in [2.24, 2.45) is 5.73 Å². The lowest BCUT2D eigenvalue weighted by Crippen LogP contribution is -2.00. The quantitative estimate of drug-likeness (QED) is 0.422. The van der Waals surface area contributed by atoms with Crippen LogP contribution in [0.1, 0.15) is 10.9 Å². The molecule has 1 rings (SSSR count). The molecule has 0 fully saturated rings. The molecule has 10 heavy (non-hydrogen) atoms. The third-order valence-corrected chi connectivity index (χ3v) is 1.53. The van der Waals surface area contributed by atoms with Gasteiger partial charge in [0.05, 0.1) is 5.37 Å². The van der Waals surface area contributed by atoms with Gasteiger partial charge in [-0.1, -0.05) is 12.1 Å². The lowest BCUT2D eigenvalue weighted by atomic mass is 10.2. The zero-order valence-electron chi connectivity index (χ0n) is 5.36. The first kappa shape index (κ1) is 7.44. The fourth-order valence-electron chi connectivity index (χ4n) is 0.671. The van der Waals surface area contributed by atoms with Gasteiger partial charge in [0.2, 0.25) is 0 Å². The van der Waals surface area contributed by atoms with Crippen LogP contribution in [0.2, 0.25) is 0 Å². The Morgan fingerprint density at radius 3 is 2.20 bits per heavy atom. The van der Waals surface area contributed by atoms with Gasteiger partial charge >= 0.3 is 0 Å². The molecule has 0 aromatic heterocycles. The van der Waals surface area contributed by atoms with Gasteiger partial charge in [-0.2, -0.15) is 12.6 Å². The lowest BCUT2D eigenvalue weighted by Gasteiger charge is -2.02. The van der Waals surface area contributed by atoms with Crippen molar-refractivity contribution in [1.82, 2.24) is 0 Å². The molecule has 0 saturated carbocycles. The number of hydrogen-bond donors (Lipinski definition) is 3. The number of hydrogen-bond acceptors (Lipinski definition) is 3. The standard InChI is InChI=1S/C7H9NOS/c8-7(10)5-1-3-6(9)4-2-5/h1-4,7,9-10H,8H2. The third kappa shape index (κ3) is 1.65. The molecule has 0 spiro atoms. The summed E-state index contributed by atoms with van der Waals surface area (Å²) >= 11 is 4.02. The van der Waals surface area contributed by atoms with E-state index in [1.807, 2.05) is 0 Å². The summed E-state index contributed by atoms with van der Waals surface area (Å²) in [6.07, 6.45) is 0. The van der Waals surface area contributed by atoms with Gasteiger partial charge in [-0.3, -0.25) is 0 Å². The van der Waals surface area contributed by atoms with Gasteiger partial charge in [-0.05, 0) is 17.7 Å². The first-order chi connectivity index (χ1) is 4.70. The second-order valence-corrected chi connectivity index (χ2v) is 2.59. The minimum Gasteiger partial charge on any atom is -0.508 e. The highest BCUT2D eigenvalue weighted by molar-refractivity contribution is 7.80. The van der Waals surface area contributed by atoms with Crippen molar-refractivity contribution in [1.29, 1.82) is 0 Å². The predicted molar refractivity (Wildman–Crippen MR) is 44.0 cm³/mol. The van der Waals surface area contributed by atoms with Crippen molar-refractivity contribution in [3.63, 3.8) is 0 Å². The summed E-state index contributed by atoms with van der Waals surface area (Å²) < 4.78 is 0. The molecule has 0 radical (unpaired) electrons. The molecular formula is C7H9NOS. The second-order valence-electron chi connectivity index (χ2n) is 2.04. The number of rotatable bonds is 1. The van der Waals surface area contributed by atoms with Crippen LogP contribution in [-0.4, -0.2) is 5.11 Å². The fourth-order valence-corrected chi connectivity index (χ4v) is 0.844. The molecule has 0 bridgehead atoms. The molecule has 1 aromatic carbocycles. The van der Waals surface area contributed by atoms with Gasteiger partial charge in [0.1, 0.15) is 5.75 Å². The smallest absolute Gasteiger partial charge is 0.115 e. The maximum Gasteiger partial charge on any atom is 0.115 e. The number of benzene rings is 1. The third-order valence-electron chi connectivity index (χ3n) is 1.23. The van der Waals surface area contributed by atoms with E-state index in [1.54, 1.807) is 24.3 Å². The molecule has 0 aliphatic heterocycles. The first-order valence-electron chi connectivity index (χ1n) is 2.93. The Morgan fingerprint density at radius 1 is 1.30 bits per heavy atom. The molecule has 1 unspecified atom stereocenters. The summed E-state index contributed by atoms with van der Waals surface area (Å²) in [6.45, 7) is 0. The van der Waals surface area contributed by atoms with Crippen LogP contribution in [-0.2, 0) is 0 Å². The largest absolute Gasteiger partial charge is 0.508 e. The molecule has 1 aromatic rings. The first-order valence-corrected chi connectivity index (χ1v) is 3.44. The molecule has 0 aliphatic rings. The molecule has 3 N–H and O–H groups in total. The molecule has 2 nitrogen and oxygen atoms in total.